The van der Waals surface area contributed by atoms with Crippen LogP contribution in [-0.2, 0) is 4.79 Å². The molecule has 0 saturated heterocycles. The summed E-state index contributed by atoms with van der Waals surface area (Å²) in [5.74, 6) is 2.42. The topological polar surface area (TPSA) is 17.1 Å². The third-order valence-electron chi connectivity index (χ3n) is 3.28. The first kappa shape index (κ1) is 7.60. The highest BCUT2D eigenvalue weighted by atomic mass is 35.5. The van der Waals surface area contributed by atoms with Gasteiger partial charge in [-0.05, 0) is 31.1 Å². The zero-order valence-electron chi connectivity index (χ0n) is 6.55. The Morgan fingerprint density at radius 2 is 2.18 bits per heavy atom. The summed E-state index contributed by atoms with van der Waals surface area (Å²) < 4.78 is 0. The minimum absolute atomic E-state index is 0.230. The number of carbonyl (C=O) groups excluding carboxylic acids is 1. The van der Waals surface area contributed by atoms with Crippen LogP contribution in [0, 0.1) is 17.8 Å². The molecule has 2 aliphatic carbocycles. The van der Waals surface area contributed by atoms with Crippen LogP contribution < -0.4 is 0 Å². The van der Waals surface area contributed by atoms with Crippen LogP contribution in [-0.4, -0.2) is 11.7 Å². The van der Waals surface area contributed by atoms with E-state index in [4.69, 9.17) is 11.6 Å². The zero-order chi connectivity index (χ0) is 7.84. The maximum atomic E-state index is 11.3. The number of rotatable bonds is 2. The van der Waals surface area contributed by atoms with Gasteiger partial charge in [0, 0.05) is 5.92 Å². The van der Waals surface area contributed by atoms with Crippen molar-refractivity contribution in [2.24, 2.45) is 17.8 Å². The molecule has 2 saturated carbocycles. The van der Waals surface area contributed by atoms with Crippen molar-refractivity contribution in [2.75, 3.05) is 5.88 Å². The third kappa shape index (κ3) is 1.20. The summed E-state index contributed by atoms with van der Waals surface area (Å²) in [7, 11) is 0. The molecule has 2 rings (SSSR count). The van der Waals surface area contributed by atoms with Gasteiger partial charge >= 0.3 is 0 Å². The summed E-state index contributed by atoms with van der Waals surface area (Å²) in [6, 6.07) is 0. The molecule has 2 aliphatic rings. The Bertz CT molecular complexity index is 178. The van der Waals surface area contributed by atoms with E-state index in [1.807, 2.05) is 0 Å². The quantitative estimate of drug-likeness (QED) is 0.584. The monoisotopic (exact) mass is 172 g/mol. The highest BCUT2D eigenvalue weighted by Gasteiger charge is 2.42. The first-order valence-electron chi connectivity index (χ1n) is 4.40. The van der Waals surface area contributed by atoms with E-state index in [9.17, 15) is 4.79 Å². The van der Waals surface area contributed by atoms with E-state index in [0.717, 1.165) is 12.3 Å². The lowest BCUT2D eigenvalue weighted by atomic mass is 9.86. The second-order valence-corrected chi connectivity index (χ2v) is 4.15. The molecule has 2 bridgehead atoms. The summed E-state index contributed by atoms with van der Waals surface area (Å²) in [6.45, 7) is 0. The molecule has 0 aromatic rings. The molecule has 11 heavy (non-hydrogen) atoms. The van der Waals surface area contributed by atoms with Gasteiger partial charge in [0.2, 0.25) is 0 Å². The van der Waals surface area contributed by atoms with Gasteiger partial charge in [-0.25, -0.2) is 0 Å². The molecular formula is C9H13ClO. The van der Waals surface area contributed by atoms with E-state index in [1.54, 1.807) is 0 Å². The average molecular weight is 173 g/mol. The SMILES string of the molecule is O=C(CCl)[C@@H]1C[C@H]2CC[C@@H]1C2. The van der Waals surface area contributed by atoms with Gasteiger partial charge < -0.3 is 0 Å². The molecule has 62 valence electrons. The maximum Gasteiger partial charge on any atom is 0.150 e. The van der Waals surface area contributed by atoms with Gasteiger partial charge in [-0.15, -0.1) is 11.6 Å². The molecule has 0 aromatic heterocycles. The van der Waals surface area contributed by atoms with Gasteiger partial charge in [0.05, 0.1) is 5.88 Å². The van der Waals surface area contributed by atoms with Gasteiger partial charge in [0.15, 0.2) is 5.78 Å². The fourth-order valence-corrected chi connectivity index (χ4v) is 2.94. The van der Waals surface area contributed by atoms with Crippen molar-refractivity contribution in [1.29, 1.82) is 0 Å². The Kier molecular flexibility index (Phi) is 1.92. The van der Waals surface area contributed by atoms with Gasteiger partial charge in [0.1, 0.15) is 0 Å². The molecule has 0 heterocycles. The van der Waals surface area contributed by atoms with Crippen molar-refractivity contribution in [3.63, 3.8) is 0 Å². The molecular weight excluding hydrogens is 160 g/mol. The Morgan fingerprint density at radius 1 is 1.36 bits per heavy atom. The number of fused-ring (bicyclic) bond motifs is 2. The second kappa shape index (κ2) is 2.78. The lowest BCUT2D eigenvalue weighted by Crippen LogP contribution is -2.21. The van der Waals surface area contributed by atoms with Crippen LogP contribution in [0.15, 0.2) is 0 Å². The normalized spacial score (nSPS) is 41.4. The van der Waals surface area contributed by atoms with Crippen LogP contribution in [0.2, 0.25) is 0 Å². The molecule has 0 unspecified atom stereocenters. The van der Waals surface area contributed by atoms with Crippen molar-refractivity contribution in [2.45, 2.75) is 25.7 Å². The summed E-state index contributed by atoms with van der Waals surface area (Å²) >= 11 is 5.52. The van der Waals surface area contributed by atoms with E-state index in [0.29, 0.717) is 17.6 Å². The van der Waals surface area contributed by atoms with Crippen LogP contribution in [0.5, 0.6) is 0 Å². The standard InChI is InChI=1S/C9H13ClO/c10-5-9(11)8-4-6-1-2-7(8)3-6/h6-8H,1-5H2/t6-,7+,8+/m0/s1. The molecule has 0 aromatic carbocycles. The van der Waals surface area contributed by atoms with Crippen LogP contribution in [0.4, 0.5) is 0 Å². The molecule has 1 nitrogen and oxygen atoms in total. The number of alkyl halides is 1. The molecule has 0 amide bonds. The molecule has 3 atom stereocenters. The third-order valence-corrected chi connectivity index (χ3v) is 3.55. The fourth-order valence-electron chi connectivity index (χ4n) is 2.74. The number of Topliss-reactive ketones (excluding diaryl/α,β-unsaturated/α-hetero) is 1. The molecule has 2 fully saturated rings. The largest absolute Gasteiger partial charge is 0.298 e. The number of halogens is 1. The number of hydrogen-bond donors (Lipinski definition) is 0. The Hall–Kier alpha value is -0.0400. The van der Waals surface area contributed by atoms with Gasteiger partial charge in [0.25, 0.3) is 0 Å². The van der Waals surface area contributed by atoms with E-state index in [-0.39, 0.29) is 5.88 Å². The summed E-state index contributed by atoms with van der Waals surface area (Å²) in [6.07, 6.45) is 5.07. The predicted octanol–water partition coefficient (Wildman–Crippen LogP) is 2.23. The molecule has 2 heteroatoms. The van der Waals surface area contributed by atoms with Crippen molar-refractivity contribution in [3.05, 3.63) is 0 Å². The number of hydrogen-bond acceptors (Lipinski definition) is 1. The minimum Gasteiger partial charge on any atom is -0.298 e. The summed E-state index contributed by atoms with van der Waals surface area (Å²) in [5, 5.41) is 0. The van der Waals surface area contributed by atoms with Gasteiger partial charge in [-0.2, -0.15) is 0 Å². The van der Waals surface area contributed by atoms with Crippen molar-refractivity contribution in [1.82, 2.24) is 0 Å². The van der Waals surface area contributed by atoms with Gasteiger partial charge in [-0.3, -0.25) is 4.79 Å². The maximum absolute atomic E-state index is 11.3. The predicted molar refractivity (Wildman–Crippen MR) is 44.7 cm³/mol. The summed E-state index contributed by atoms with van der Waals surface area (Å²) in [5.41, 5.74) is 0. The number of carbonyl (C=O) groups is 1. The smallest absolute Gasteiger partial charge is 0.150 e. The van der Waals surface area contributed by atoms with Crippen molar-refractivity contribution < 1.29 is 4.79 Å². The van der Waals surface area contributed by atoms with Crippen LogP contribution in [0.1, 0.15) is 25.7 Å². The lowest BCUT2D eigenvalue weighted by Gasteiger charge is -2.18. The molecule has 0 spiro atoms. The van der Waals surface area contributed by atoms with Gasteiger partial charge in [-0.1, -0.05) is 6.42 Å². The Balaban J connectivity index is 2.02. The van der Waals surface area contributed by atoms with Crippen LogP contribution in [0.3, 0.4) is 0 Å². The Morgan fingerprint density at radius 3 is 2.64 bits per heavy atom. The van der Waals surface area contributed by atoms with E-state index >= 15 is 0 Å². The van der Waals surface area contributed by atoms with Crippen LogP contribution >= 0.6 is 11.6 Å². The fraction of sp³-hybridized carbons (Fsp3) is 0.889. The molecule has 0 aliphatic heterocycles. The van der Waals surface area contributed by atoms with Crippen molar-refractivity contribution in [3.8, 4) is 0 Å². The molecule has 0 N–H and O–H groups in total. The first-order chi connectivity index (χ1) is 5.31. The highest BCUT2D eigenvalue weighted by Crippen LogP contribution is 2.48. The summed E-state index contributed by atoms with van der Waals surface area (Å²) in [4.78, 5) is 11.3. The number of ketones is 1. The molecule has 0 radical (unpaired) electrons. The second-order valence-electron chi connectivity index (χ2n) is 3.88. The van der Waals surface area contributed by atoms with E-state index in [1.165, 1.54) is 19.3 Å². The first-order valence-corrected chi connectivity index (χ1v) is 4.93. The Labute approximate surface area is 72.1 Å². The minimum atomic E-state index is 0.230. The lowest BCUT2D eigenvalue weighted by molar-refractivity contribution is -0.121. The van der Waals surface area contributed by atoms with E-state index in [2.05, 4.69) is 0 Å². The van der Waals surface area contributed by atoms with Crippen LogP contribution in [0.25, 0.3) is 0 Å². The average Bonchev–Trinajstić information content (AvgIpc) is 2.62. The van der Waals surface area contributed by atoms with E-state index < -0.39 is 0 Å². The van der Waals surface area contributed by atoms with Crippen molar-refractivity contribution >= 4 is 17.4 Å². The highest BCUT2D eigenvalue weighted by molar-refractivity contribution is 6.27. The zero-order valence-corrected chi connectivity index (χ0v) is 7.31.